The van der Waals surface area contributed by atoms with Crippen molar-refractivity contribution < 1.29 is 5.11 Å². The number of aliphatic hydroxyl groups excluding tert-OH is 1. The summed E-state index contributed by atoms with van der Waals surface area (Å²) in [6.45, 7) is 8.77. The summed E-state index contributed by atoms with van der Waals surface area (Å²) in [6, 6.07) is 14.3. The summed E-state index contributed by atoms with van der Waals surface area (Å²) in [4.78, 5) is 8.91. The van der Waals surface area contributed by atoms with E-state index in [4.69, 9.17) is 0 Å². The molecule has 2 N–H and O–H groups in total. The van der Waals surface area contributed by atoms with Crippen LogP contribution in [0.15, 0.2) is 55.0 Å². The van der Waals surface area contributed by atoms with Crippen molar-refractivity contribution in [2.45, 2.75) is 46.8 Å². The number of benzene rings is 1. The van der Waals surface area contributed by atoms with E-state index in [0.717, 1.165) is 22.8 Å². The molecule has 0 fully saturated rings. The van der Waals surface area contributed by atoms with Gasteiger partial charge in [-0.2, -0.15) is 0 Å². The minimum absolute atomic E-state index is 0.180. The van der Waals surface area contributed by atoms with E-state index < -0.39 is 0 Å². The van der Waals surface area contributed by atoms with Gasteiger partial charge in [0.15, 0.2) is 5.82 Å². The number of aryl methyl sites for hydroxylation is 2. The van der Waals surface area contributed by atoms with Gasteiger partial charge in [-0.15, -0.1) is 10.2 Å². The quantitative estimate of drug-likeness (QED) is 0.448. The molecular formula is C25H28N6O. The van der Waals surface area contributed by atoms with Crippen LogP contribution in [0.25, 0.3) is 17.1 Å². The third-order valence-corrected chi connectivity index (χ3v) is 5.38. The highest BCUT2D eigenvalue weighted by molar-refractivity contribution is 5.60. The maximum absolute atomic E-state index is 9.90. The number of aliphatic hydroxyl groups is 1. The third-order valence-electron chi connectivity index (χ3n) is 5.38. The van der Waals surface area contributed by atoms with Crippen LogP contribution >= 0.6 is 0 Å². The standard InChI is InChI=1S/C25H28N6O/c1-16(2)20-11-22(29-30-25(20)26-12-19-7-5-17(3)6-8-19)21-9-10-24(23(14-32)28-21)31-13-18(4)27-15-31/h5-11,13,15-16,32H,12,14H2,1-4H3,(H,26,30). The molecule has 0 aliphatic rings. The number of nitrogens with one attached hydrogen (secondary N) is 1. The van der Waals surface area contributed by atoms with E-state index in [1.54, 1.807) is 6.33 Å². The van der Waals surface area contributed by atoms with E-state index >= 15 is 0 Å². The lowest BCUT2D eigenvalue weighted by Gasteiger charge is -2.15. The van der Waals surface area contributed by atoms with Crippen LogP contribution in [0.2, 0.25) is 0 Å². The molecule has 0 saturated carbocycles. The molecule has 1 aromatic carbocycles. The average Bonchev–Trinajstić information content (AvgIpc) is 3.24. The molecule has 0 saturated heterocycles. The van der Waals surface area contributed by atoms with E-state index in [1.165, 1.54) is 11.1 Å². The number of hydrogen-bond donors (Lipinski definition) is 2. The van der Waals surface area contributed by atoms with Gasteiger partial charge in [0, 0.05) is 18.3 Å². The summed E-state index contributed by atoms with van der Waals surface area (Å²) in [5, 5.41) is 22.2. The summed E-state index contributed by atoms with van der Waals surface area (Å²) in [5.41, 5.74) is 7.12. The van der Waals surface area contributed by atoms with Crippen LogP contribution in [-0.2, 0) is 13.2 Å². The van der Waals surface area contributed by atoms with Crippen molar-refractivity contribution in [1.82, 2.24) is 24.7 Å². The molecule has 32 heavy (non-hydrogen) atoms. The molecule has 3 heterocycles. The summed E-state index contributed by atoms with van der Waals surface area (Å²) in [7, 11) is 0. The molecule has 0 spiro atoms. The molecule has 0 aliphatic carbocycles. The molecule has 7 heteroatoms. The highest BCUT2D eigenvalue weighted by Crippen LogP contribution is 2.27. The fourth-order valence-corrected chi connectivity index (χ4v) is 3.54. The fraction of sp³-hybridized carbons (Fsp3) is 0.280. The van der Waals surface area contributed by atoms with Gasteiger partial charge in [0.1, 0.15) is 5.69 Å². The summed E-state index contributed by atoms with van der Waals surface area (Å²) < 4.78 is 1.86. The van der Waals surface area contributed by atoms with Crippen LogP contribution in [-0.4, -0.2) is 29.8 Å². The summed E-state index contributed by atoms with van der Waals surface area (Å²) in [5.74, 6) is 1.03. The predicted molar refractivity (Wildman–Crippen MR) is 126 cm³/mol. The normalized spacial score (nSPS) is 11.2. The zero-order valence-electron chi connectivity index (χ0n) is 18.9. The lowest BCUT2D eigenvalue weighted by molar-refractivity contribution is 0.276. The fourth-order valence-electron chi connectivity index (χ4n) is 3.54. The third kappa shape index (κ3) is 4.68. The van der Waals surface area contributed by atoms with Gasteiger partial charge >= 0.3 is 0 Å². The van der Waals surface area contributed by atoms with E-state index in [-0.39, 0.29) is 12.5 Å². The molecule has 3 aromatic heterocycles. The minimum Gasteiger partial charge on any atom is -0.390 e. The Hall–Kier alpha value is -3.58. The average molecular weight is 429 g/mol. The topological polar surface area (TPSA) is 88.8 Å². The maximum atomic E-state index is 9.90. The summed E-state index contributed by atoms with van der Waals surface area (Å²) in [6.07, 6.45) is 3.62. The van der Waals surface area contributed by atoms with Crippen molar-refractivity contribution in [3.05, 3.63) is 83.1 Å². The molecule has 0 aliphatic heterocycles. The predicted octanol–water partition coefficient (Wildman–Crippen LogP) is 4.57. The number of anilines is 1. The molecule has 0 amide bonds. The van der Waals surface area contributed by atoms with E-state index in [2.05, 4.69) is 70.5 Å². The number of imidazole rings is 1. The van der Waals surface area contributed by atoms with Crippen molar-refractivity contribution in [2.75, 3.05) is 5.32 Å². The smallest absolute Gasteiger partial charge is 0.152 e. The monoisotopic (exact) mass is 428 g/mol. The SMILES string of the molecule is Cc1ccc(CNc2nnc(-c3ccc(-n4cnc(C)c4)c(CO)n3)cc2C(C)C)cc1. The van der Waals surface area contributed by atoms with Gasteiger partial charge in [-0.1, -0.05) is 43.7 Å². The van der Waals surface area contributed by atoms with Crippen molar-refractivity contribution in [3.8, 4) is 17.1 Å². The first-order chi connectivity index (χ1) is 15.4. The lowest BCUT2D eigenvalue weighted by Crippen LogP contribution is -2.08. The van der Waals surface area contributed by atoms with E-state index in [0.29, 0.717) is 23.6 Å². The lowest BCUT2D eigenvalue weighted by atomic mass is 10.0. The Balaban J connectivity index is 1.62. The van der Waals surface area contributed by atoms with Gasteiger partial charge in [-0.3, -0.25) is 0 Å². The van der Waals surface area contributed by atoms with Gasteiger partial charge in [-0.05, 0) is 43.5 Å². The first-order valence-corrected chi connectivity index (χ1v) is 10.7. The highest BCUT2D eigenvalue weighted by Gasteiger charge is 2.15. The van der Waals surface area contributed by atoms with Crippen LogP contribution in [0.1, 0.15) is 47.8 Å². The second-order valence-electron chi connectivity index (χ2n) is 8.27. The van der Waals surface area contributed by atoms with Crippen molar-refractivity contribution in [3.63, 3.8) is 0 Å². The molecule has 164 valence electrons. The van der Waals surface area contributed by atoms with Crippen LogP contribution in [0.3, 0.4) is 0 Å². The van der Waals surface area contributed by atoms with Gasteiger partial charge in [0.25, 0.3) is 0 Å². The Morgan fingerprint density at radius 2 is 1.78 bits per heavy atom. The van der Waals surface area contributed by atoms with Crippen molar-refractivity contribution in [1.29, 1.82) is 0 Å². The van der Waals surface area contributed by atoms with Gasteiger partial charge < -0.3 is 15.0 Å². The molecule has 7 nitrogen and oxygen atoms in total. The van der Waals surface area contributed by atoms with Crippen LogP contribution in [0.5, 0.6) is 0 Å². The highest BCUT2D eigenvalue weighted by atomic mass is 16.3. The van der Waals surface area contributed by atoms with E-state index in [9.17, 15) is 5.11 Å². The molecule has 0 unspecified atom stereocenters. The molecular weight excluding hydrogens is 400 g/mol. The largest absolute Gasteiger partial charge is 0.390 e. The first kappa shape index (κ1) is 21.6. The molecule has 0 atom stereocenters. The van der Waals surface area contributed by atoms with Gasteiger partial charge in [-0.25, -0.2) is 9.97 Å². The van der Waals surface area contributed by atoms with Crippen LogP contribution in [0.4, 0.5) is 5.82 Å². The number of pyridine rings is 1. The van der Waals surface area contributed by atoms with E-state index in [1.807, 2.05) is 35.9 Å². The van der Waals surface area contributed by atoms with Crippen LogP contribution < -0.4 is 5.32 Å². The molecule has 0 bridgehead atoms. The van der Waals surface area contributed by atoms with Crippen LogP contribution in [0, 0.1) is 13.8 Å². The number of aromatic nitrogens is 5. The van der Waals surface area contributed by atoms with Crippen molar-refractivity contribution >= 4 is 5.82 Å². The second kappa shape index (κ2) is 9.28. The molecule has 4 aromatic rings. The Morgan fingerprint density at radius 3 is 2.44 bits per heavy atom. The zero-order chi connectivity index (χ0) is 22.7. The summed E-state index contributed by atoms with van der Waals surface area (Å²) >= 11 is 0. The van der Waals surface area contributed by atoms with Gasteiger partial charge in [0.05, 0.1) is 35.7 Å². The van der Waals surface area contributed by atoms with Gasteiger partial charge in [0.2, 0.25) is 0 Å². The number of hydrogen-bond acceptors (Lipinski definition) is 6. The Kier molecular flexibility index (Phi) is 6.28. The van der Waals surface area contributed by atoms with Crippen molar-refractivity contribution in [2.24, 2.45) is 0 Å². The maximum Gasteiger partial charge on any atom is 0.152 e. The Bertz CT molecular complexity index is 1210. The minimum atomic E-state index is -0.180. The number of rotatable bonds is 7. The molecule has 0 radical (unpaired) electrons. The second-order valence-corrected chi connectivity index (χ2v) is 8.27. The zero-order valence-corrected chi connectivity index (χ0v) is 18.9. The Labute approximate surface area is 188 Å². The first-order valence-electron chi connectivity index (χ1n) is 10.7. The molecule has 4 rings (SSSR count). The number of nitrogens with zero attached hydrogens (tertiary/aromatic N) is 5. The Morgan fingerprint density at radius 1 is 1.00 bits per heavy atom.